The highest BCUT2D eigenvalue weighted by atomic mass is 32.1. The van der Waals surface area contributed by atoms with Gasteiger partial charge in [0, 0.05) is 12.2 Å². The van der Waals surface area contributed by atoms with Crippen LogP contribution >= 0.6 is 11.5 Å². The van der Waals surface area contributed by atoms with Crippen molar-refractivity contribution >= 4 is 33.5 Å². The van der Waals surface area contributed by atoms with Crippen molar-refractivity contribution in [1.29, 1.82) is 0 Å². The SMILES string of the molecule is Cc1cc(-c2nsc3c(C4(C(N)=O)CCCC4)cc(N4CCOC[C@H]4C)nc23)n[nH]1. The van der Waals surface area contributed by atoms with E-state index in [1.807, 2.05) is 13.0 Å². The number of aromatic nitrogens is 4. The number of ether oxygens (including phenoxy) is 1. The Hall–Kier alpha value is -2.52. The lowest BCUT2D eigenvalue weighted by Gasteiger charge is -2.35. The lowest BCUT2D eigenvalue weighted by Crippen LogP contribution is -2.44. The van der Waals surface area contributed by atoms with Gasteiger partial charge in [0.25, 0.3) is 0 Å². The standard InChI is InChI=1S/C21H26N6O2S/c1-12-9-15(25-24-12)17-18-19(30-26-17)14(21(20(22)28)5-3-4-6-21)10-16(23-18)27-7-8-29-11-13(27)2/h9-10,13H,3-8,11H2,1-2H3,(H2,22,28)(H,24,25)/t13-/m1/s1. The summed E-state index contributed by atoms with van der Waals surface area (Å²) in [6.07, 6.45) is 3.54. The van der Waals surface area contributed by atoms with Crippen molar-refractivity contribution in [2.45, 2.75) is 51.0 Å². The lowest BCUT2D eigenvalue weighted by molar-refractivity contribution is -0.123. The van der Waals surface area contributed by atoms with Gasteiger partial charge in [0.05, 0.1) is 29.4 Å². The predicted molar refractivity (Wildman–Crippen MR) is 117 cm³/mol. The number of fused-ring (bicyclic) bond motifs is 1. The van der Waals surface area contributed by atoms with Gasteiger partial charge in [-0.15, -0.1) is 0 Å². The third-order valence-corrected chi connectivity index (χ3v) is 7.34. The number of nitrogens with two attached hydrogens (primary N) is 1. The molecular formula is C21H26N6O2S. The number of amides is 1. The Morgan fingerprint density at radius 3 is 2.83 bits per heavy atom. The van der Waals surface area contributed by atoms with Crippen LogP contribution < -0.4 is 10.6 Å². The monoisotopic (exact) mass is 426 g/mol. The van der Waals surface area contributed by atoms with Gasteiger partial charge in [-0.3, -0.25) is 9.89 Å². The first-order chi connectivity index (χ1) is 14.5. The molecule has 3 N–H and O–H groups in total. The number of primary amides is 1. The third kappa shape index (κ3) is 2.99. The van der Waals surface area contributed by atoms with Crippen LogP contribution in [0.1, 0.15) is 43.9 Å². The third-order valence-electron chi connectivity index (χ3n) is 6.47. The minimum absolute atomic E-state index is 0.201. The topological polar surface area (TPSA) is 110 Å². The van der Waals surface area contributed by atoms with E-state index in [-0.39, 0.29) is 11.9 Å². The molecule has 1 aliphatic heterocycles. The largest absolute Gasteiger partial charge is 0.377 e. The van der Waals surface area contributed by atoms with Crippen molar-refractivity contribution in [3.8, 4) is 11.4 Å². The van der Waals surface area contributed by atoms with Gasteiger partial charge in [0.2, 0.25) is 5.91 Å². The maximum absolute atomic E-state index is 12.7. The highest BCUT2D eigenvalue weighted by Crippen LogP contribution is 2.46. The minimum atomic E-state index is -0.656. The lowest BCUT2D eigenvalue weighted by atomic mass is 9.78. The smallest absolute Gasteiger partial charge is 0.228 e. The van der Waals surface area contributed by atoms with E-state index in [9.17, 15) is 4.79 Å². The fourth-order valence-electron chi connectivity index (χ4n) is 4.81. The van der Waals surface area contributed by atoms with Crippen LogP contribution in [0.25, 0.3) is 21.6 Å². The van der Waals surface area contributed by atoms with Crippen LogP contribution in [0.4, 0.5) is 5.82 Å². The molecule has 4 heterocycles. The van der Waals surface area contributed by atoms with Gasteiger partial charge in [-0.2, -0.15) is 9.47 Å². The Kier molecular flexibility index (Phi) is 4.74. The second-order valence-electron chi connectivity index (χ2n) is 8.44. The number of morpholine rings is 1. The summed E-state index contributed by atoms with van der Waals surface area (Å²) in [6.45, 7) is 6.17. The zero-order valence-electron chi connectivity index (χ0n) is 17.3. The van der Waals surface area contributed by atoms with Gasteiger partial charge in [-0.1, -0.05) is 12.8 Å². The molecule has 1 saturated carbocycles. The van der Waals surface area contributed by atoms with Crippen LogP contribution in [0, 0.1) is 6.92 Å². The van der Waals surface area contributed by atoms with E-state index in [0.29, 0.717) is 13.2 Å². The number of aromatic amines is 1. The summed E-state index contributed by atoms with van der Waals surface area (Å²) in [6, 6.07) is 4.25. The first kappa shape index (κ1) is 19.4. The highest BCUT2D eigenvalue weighted by Gasteiger charge is 2.44. The molecule has 9 heteroatoms. The number of aryl methyl sites for hydroxylation is 1. The summed E-state index contributed by atoms with van der Waals surface area (Å²) in [7, 11) is 0. The summed E-state index contributed by atoms with van der Waals surface area (Å²) in [5, 5.41) is 7.39. The predicted octanol–water partition coefficient (Wildman–Crippen LogP) is 2.91. The van der Waals surface area contributed by atoms with Crippen molar-refractivity contribution < 1.29 is 9.53 Å². The van der Waals surface area contributed by atoms with Crippen molar-refractivity contribution in [2.75, 3.05) is 24.7 Å². The number of nitrogens with zero attached hydrogens (tertiary/aromatic N) is 4. The summed E-state index contributed by atoms with van der Waals surface area (Å²) in [5.41, 5.74) is 9.61. The van der Waals surface area contributed by atoms with Gasteiger partial charge >= 0.3 is 0 Å². The Balaban J connectivity index is 1.76. The zero-order chi connectivity index (χ0) is 20.9. The average Bonchev–Trinajstić information content (AvgIpc) is 3.47. The van der Waals surface area contributed by atoms with E-state index in [2.05, 4.69) is 28.1 Å². The van der Waals surface area contributed by atoms with Gasteiger partial charge in [-0.05, 0) is 55.9 Å². The molecule has 2 fully saturated rings. The molecule has 0 radical (unpaired) electrons. The molecule has 1 atom stereocenters. The maximum atomic E-state index is 12.7. The molecule has 0 unspecified atom stereocenters. The number of carbonyl (C=O) groups is 1. The second kappa shape index (κ2) is 7.31. The molecule has 158 valence electrons. The fraction of sp³-hybridized carbons (Fsp3) is 0.524. The van der Waals surface area contributed by atoms with E-state index in [1.54, 1.807) is 0 Å². The van der Waals surface area contributed by atoms with Crippen LogP contribution in [0.3, 0.4) is 0 Å². The first-order valence-corrected chi connectivity index (χ1v) is 11.2. The van der Waals surface area contributed by atoms with E-state index < -0.39 is 5.41 Å². The van der Waals surface area contributed by atoms with Gasteiger partial charge < -0.3 is 15.4 Å². The molecule has 1 amide bonds. The highest BCUT2D eigenvalue weighted by molar-refractivity contribution is 7.13. The summed E-state index contributed by atoms with van der Waals surface area (Å²) in [5.74, 6) is 0.605. The van der Waals surface area contributed by atoms with Crippen LogP contribution in [0.5, 0.6) is 0 Å². The van der Waals surface area contributed by atoms with Crippen molar-refractivity contribution in [2.24, 2.45) is 5.73 Å². The summed E-state index contributed by atoms with van der Waals surface area (Å²) < 4.78 is 11.3. The van der Waals surface area contributed by atoms with E-state index in [1.165, 1.54) is 11.5 Å². The molecule has 5 rings (SSSR count). The number of carbonyl (C=O) groups excluding carboxylic acids is 1. The molecule has 3 aromatic heterocycles. The number of hydrogen-bond donors (Lipinski definition) is 2. The van der Waals surface area contributed by atoms with Crippen LogP contribution in [-0.2, 0) is 14.9 Å². The fourth-order valence-corrected chi connectivity index (χ4v) is 5.76. The molecular weight excluding hydrogens is 400 g/mol. The Bertz CT molecular complexity index is 1100. The van der Waals surface area contributed by atoms with Crippen molar-refractivity contribution in [3.05, 3.63) is 23.4 Å². The molecule has 8 nitrogen and oxygen atoms in total. The number of anilines is 1. The second-order valence-corrected chi connectivity index (χ2v) is 9.22. The molecule has 0 bridgehead atoms. The summed E-state index contributed by atoms with van der Waals surface area (Å²) >= 11 is 1.39. The number of pyridine rings is 1. The number of nitrogens with one attached hydrogen (secondary N) is 1. The average molecular weight is 427 g/mol. The molecule has 0 aromatic carbocycles. The number of hydrogen-bond acceptors (Lipinski definition) is 7. The normalized spacial score (nSPS) is 21.4. The molecule has 3 aromatic rings. The number of H-pyrrole nitrogens is 1. The molecule has 1 saturated heterocycles. The van der Waals surface area contributed by atoms with Gasteiger partial charge in [0.1, 0.15) is 22.7 Å². The Labute approximate surface area is 179 Å². The van der Waals surface area contributed by atoms with E-state index >= 15 is 0 Å². The summed E-state index contributed by atoms with van der Waals surface area (Å²) in [4.78, 5) is 20.0. The Morgan fingerprint density at radius 1 is 1.37 bits per heavy atom. The first-order valence-electron chi connectivity index (χ1n) is 10.5. The number of rotatable bonds is 4. The zero-order valence-corrected chi connectivity index (χ0v) is 18.1. The van der Waals surface area contributed by atoms with Crippen molar-refractivity contribution in [3.63, 3.8) is 0 Å². The molecule has 2 aliphatic rings. The van der Waals surface area contributed by atoms with Crippen molar-refractivity contribution in [1.82, 2.24) is 19.6 Å². The van der Waals surface area contributed by atoms with Crippen LogP contribution in [-0.4, -0.2) is 51.3 Å². The van der Waals surface area contributed by atoms with E-state index in [0.717, 1.165) is 70.9 Å². The van der Waals surface area contributed by atoms with Crippen LogP contribution in [0.2, 0.25) is 0 Å². The van der Waals surface area contributed by atoms with Crippen LogP contribution in [0.15, 0.2) is 12.1 Å². The molecule has 30 heavy (non-hydrogen) atoms. The van der Waals surface area contributed by atoms with Gasteiger partial charge in [-0.25, -0.2) is 4.98 Å². The molecule has 1 aliphatic carbocycles. The Morgan fingerprint density at radius 2 is 2.17 bits per heavy atom. The van der Waals surface area contributed by atoms with Gasteiger partial charge in [0.15, 0.2) is 0 Å². The van der Waals surface area contributed by atoms with E-state index in [4.69, 9.17) is 19.8 Å². The molecule has 0 spiro atoms. The maximum Gasteiger partial charge on any atom is 0.228 e. The minimum Gasteiger partial charge on any atom is -0.377 e. The quantitative estimate of drug-likeness (QED) is 0.664.